The van der Waals surface area contributed by atoms with Crippen LogP contribution in [-0.2, 0) is 16.0 Å². The number of amides is 1. The van der Waals surface area contributed by atoms with Gasteiger partial charge in [-0.3, -0.25) is 4.79 Å². The van der Waals surface area contributed by atoms with Gasteiger partial charge in [0.1, 0.15) is 4.88 Å². The SMILES string of the molecule is CCc1cc(NC(=O)C2CCOC2)sc1C(=O)O. The molecule has 0 saturated carbocycles. The van der Waals surface area contributed by atoms with Gasteiger partial charge in [0.25, 0.3) is 0 Å². The second-order valence-electron chi connectivity index (χ2n) is 4.17. The molecule has 0 aromatic carbocycles. The van der Waals surface area contributed by atoms with E-state index >= 15 is 0 Å². The van der Waals surface area contributed by atoms with E-state index in [1.54, 1.807) is 6.07 Å². The maximum atomic E-state index is 11.9. The summed E-state index contributed by atoms with van der Waals surface area (Å²) in [7, 11) is 0. The first kappa shape index (κ1) is 13.0. The van der Waals surface area contributed by atoms with Gasteiger partial charge in [0.15, 0.2) is 0 Å². The monoisotopic (exact) mass is 269 g/mol. The highest BCUT2D eigenvalue weighted by atomic mass is 32.1. The molecule has 1 fully saturated rings. The molecular formula is C12H15NO4S. The van der Waals surface area contributed by atoms with Crippen LogP contribution in [0.5, 0.6) is 0 Å². The molecule has 0 bridgehead atoms. The van der Waals surface area contributed by atoms with Crippen molar-refractivity contribution in [1.82, 2.24) is 0 Å². The predicted octanol–water partition coefficient (Wildman–Crippen LogP) is 1.98. The Balaban J connectivity index is 2.09. The molecule has 1 aliphatic heterocycles. The van der Waals surface area contributed by atoms with Crippen molar-refractivity contribution >= 4 is 28.2 Å². The first-order valence-electron chi connectivity index (χ1n) is 5.86. The molecule has 2 rings (SSSR count). The van der Waals surface area contributed by atoms with Crippen LogP contribution in [0.4, 0.5) is 5.00 Å². The van der Waals surface area contributed by atoms with E-state index in [0.29, 0.717) is 29.5 Å². The second-order valence-corrected chi connectivity index (χ2v) is 5.23. The summed E-state index contributed by atoms with van der Waals surface area (Å²) in [6, 6.07) is 1.74. The molecule has 1 aliphatic rings. The van der Waals surface area contributed by atoms with Crippen LogP contribution in [0.1, 0.15) is 28.6 Å². The Bertz CT molecular complexity index is 463. The minimum absolute atomic E-state index is 0.0895. The van der Waals surface area contributed by atoms with Crippen molar-refractivity contribution in [3.8, 4) is 0 Å². The van der Waals surface area contributed by atoms with E-state index in [1.807, 2.05) is 6.92 Å². The molecule has 1 saturated heterocycles. The van der Waals surface area contributed by atoms with Gasteiger partial charge in [0, 0.05) is 6.61 Å². The molecule has 2 N–H and O–H groups in total. The van der Waals surface area contributed by atoms with Gasteiger partial charge in [-0.2, -0.15) is 0 Å². The number of carbonyl (C=O) groups is 2. The summed E-state index contributed by atoms with van der Waals surface area (Å²) in [5, 5.41) is 12.4. The van der Waals surface area contributed by atoms with E-state index in [9.17, 15) is 9.59 Å². The van der Waals surface area contributed by atoms with Gasteiger partial charge in [-0.05, 0) is 24.5 Å². The third-order valence-corrected chi connectivity index (χ3v) is 4.01. The topological polar surface area (TPSA) is 75.6 Å². The molecular weight excluding hydrogens is 254 g/mol. The zero-order valence-electron chi connectivity index (χ0n) is 10.1. The van der Waals surface area contributed by atoms with E-state index in [-0.39, 0.29) is 11.8 Å². The molecule has 1 aromatic heterocycles. The molecule has 0 radical (unpaired) electrons. The van der Waals surface area contributed by atoms with Crippen molar-refractivity contribution in [1.29, 1.82) is 0 Å². The number of thiophene rings is 1. The average Bonchev–Trinajstić information content (AvgIpc) is 2.97. The fourth-order valence-corrected chi connectivity index (χ4v) is 2.89. The third kappa shape index (κ3) is 2.70. The minimum Gasteiger partial charge on any atom is -0.477 e. The Morgan fingerprint density at radius 2 is 2.39 bits per heavy atom. The third-order valence-electron chi connectivity index (χ3n) is 2.93. The van der Waals surface area contributed by atoms with Gasteiger partial charge >= 0.3 is 5.97 Å². The molecule has 1 unspecified atom stereocenters. The van der Waals surface area contributed by atoms with E-state index in [2.05, 4.69) is 5.32 Å². The number of carbonyl (C=O) groups excluding carboxylic acids is 1. The number of ether oxygens (including phenoxy) is 1. The molecule has 98 valence electrons. The Morgan fingerprint density at radius 3 is 2.89 bits per heavy atom. The molecule has 2 heterocycles. The van der Waals surface area contributed by atoms with Crippen LogP contribution in [0.25, 0.3) is 0 Å². The minimum atomic E-state index is -0.943. The number of rotatable bonds is 4. The normalized spacial score (nSPS) is 18.8. The Labute approximate surface area is 109 Å². The van der Waals surface area contributed by atoms with E-state index in [1.165, 1.54) is 0 Å². The standard InChI is InChI=1S/C12H15NO4S/c1-2-7-5-9(18-10(7)12(15)16)13-11(14)8-3-4-17-6-8/h5,8H,2-4,6H2,1H3,(H,13,14)(H,15,16). The molecule has 18 heavy (non-hydrogen) atoms. The largest absolute Gasteiger partial charge is 0.477 e. The van der Waals surface area contributed by atoms with Crippen molar-refractivity contribution in [2.45, 2.75) is 19.8 Å². The smallest absolute Gasteiger partial charge is 0.346 e. The first-order chi connectivity index (χ1) is 8.61. The molecule has 0 aliphatic carbocycles. The maximum absolute atomic E-state index is 11.9. The second kappa shape index (κ2) is 5.49. The van der Waals surface area contributed by atoms with E-state index in [0.717, 1.165) is 23.3 Å². The lowest BCUT2D eigenvalue weighted by atomic mass is 10.1. The zero-order valence-corrected chi connectivity index (χ0v) is 10.9. The Morgan fingerprint density at radius 1 is 1.61 bits per heavy atom. The van der Waals surface area contributed by atoms with Crippen LogP contribution in [0, 0.1) is 5.92 Å². The van der Waals surface area contributed by atoms with Gasteiger partial charge in [0.05, 0.1) is 17.5 Å². The summed E-state index contributed by atoms with van der Waals surface area (Å²) < 4.78 is 5.15. The van der Waals surface area contributed by atoms with Gasteiger partial charge in [-0.15, -0.1) is 11.3 Å². The number of aromatic carboxylic acids is 1. The lowest BCUT2D eigenvalue weighted by Crippen LogP contribution is -2.22. The number of carboxylic acid groups (broad SMARTS) is 1. The summed E-state index contributed by atoms with van der Waals surface area (Å²) in [5.74, 6) is -1.15. The summed E-state index contributed by atoms with van der Waals surface area (Å²) in [6.45, 7) is 2.96. The number of hydrogen-bond acceptors (Lipinski definition) is 4. The van der Waals surface area contributed by atoms with Crippen molar-refractivity contribution < 1.29 is 19.4 Å². The maximum Gasteiger partial charge on any atom is 0.346 e. The number of anilines is 1. The van der Waals surface area contributed by atoms with Crippen LogP contribution in [0.3, 0.4) is 0 Å². The van der Waals surface area contributed by atoms with Crippen LogP contribution in [0.15, 0.2) is 6.07 Å². The van der Waals surface area contributed by atoms with Crippen LogP contribution in [0.2, 0.25) is 0 Å². The Hall–Kier alpha value is -1.40. The zero-order chi connectivity index (χ0) is 13.1. The number of aryl methyl sites for hydroxylation is 1. The summed E-state index contributed by atoms with van der Waals surface area (Å²) in [4.78, 5) is 23.2. The highest BCUT2D eigenvalue weighted by molar-refractivity contribution is 7.18. The van der Waals surface area contributed by atoms with Gasteiger partial charge in [-0.1, -0.05) is 6.92 Å². The number of nitrogens with one attached hydrogen (secondary N) is 1. The average molecular weight is 269 g/mol. The van der Waals surface area contributed by atoms with E-state index in [4.69, 9.17) is 9.84 Å². The van der Waals surface area contributed by atoms with Gasteiger partial charge in [0.2, 0.25) is 5.91 Å². The lowest BCUT2D eigenvalue weighted by molar-refractivity contribution is -0.119. The van der Waals surface area contributed by atoms with E-state index < -0.39 is 5.97 Å². The molecule has 6 heteroatoms. The van der Waals surface area contributed by atoms with Crippen molar-refractivity contribution in [2.24, 2.45) is 5.92 Å². The summed E-state index contributed by atoms with van der Waals surface area (Å²) in [6.07, 6.45) is 1.37. The van der Waals surface area contributed by atoms with Crippen molar-refractivity contribution in [2.75, 3.05) is 18.5 Å². The van der Waals surface area contributed by atoms with Gasteiger partial charge < -0.3 is 15.2 Å². The fraction of sp³-hybridized carbons (Fsp3) is 0.500. The molecule has 1 atom stereocenters. The highest BCUT2D eigenvalue weighted by Crippen LogP contribution is 2.28. The summed E-state index contributed by atoms with van der Waals surface area (Å²) >= 11 is 1.11. The first-order valence-corrected chi connectivity index (χ1v) is 6.68. The fourth-order valence-electron chi connectivity index (χ4n) is 1.90. The lowest BCUT2D eigenvalue weighted by Gasteiger charge is -2.06. The van der Waals surface area contributed by atoms with Crippen molar-refractivity contribution in [3.63, 3.8) is 0 Å². The molecule has 0 spiro atoms. The van der Waals surface area contributed by atoms with Crippen LogP contribution in [-0.4, -0.2) is 30.2 Å². The number of carboxylic acids is 1. The predicted molar refractivity (Wildman–Crippen MR) is 68.2 cm³/mol. The highest BCUT2D eigenvalue weighted by Gasteiger charge is 2.24. The van der Waals surface area contributed by atoms with Crippen LogP contribution < -0.4 is 5.32 Å². The number of hydrogen-bond donors (Lipinski definition) is 2. The Kier molecular flexibility index (Phi) is 3.98. The molecule has 5 nitrogen and oxygen atoms in total. The van der Waals surface area contributed by atoms with Crippen molar-refractivity contribution in [3.05, 3.63) is 16.5 Å². The molecule has 1 amide bonds. The summed E-state index contributed by atoms with van der Waals surface area (Å²) in [5.41, 5.74) is 0.755. The quantitative estimate of drug-likeness (QED) is 0.876. The van der Waals surface area contributed by atoms with Gasteiger partial charge in [-0.25, -0.2) is 4.79 Å². The molecule has 1 aromatic rings. The van der Waals surface area contributed by atoms with Crippen LogP contribution >= 0.6 is 11.3 Å².